The summed E-state index contributed by atoms with van der Waals surface area (Å²) in [5.74, 6) is -0.334. The third-order valence-corrected chi connectivity index (χ3v) is 3.57. The highest BCUT2D eigenvalue weighted by molar-refractivity contribution is 5.94. The van der Waals surface area contributed by atoms with Crippen molar-refractivity contribution in [2.75, 3.05) is 25.1 Å². The first-order valence-corrected chi connectivity index (χ1v) is 6.62. The highest BCUT2D eigenvalue weighted by Crippen LogP contribution is 2.26. The monoisotopic (exact) mass is 278 g/mol. The predicted octanol–water partition coefficient (Wildman–Crippen LogP) is 1.56. The van der Waals surface area contributed by atoms with Crippen molar-refractivity contribution in [2.45, 2.75) is 19.3 Å². The number of aliphatic carboxylic acids is 1. The molecule has 2 heterocycles. The van der Waals surface area contributed by atoms with Crippen molar-refractivity contribution in [3.05, 3.63) is 23.9 Å². The largest absolute Gasteiger partial charge is 0.481 e. The quantitative estimate of drug-likeness (QED) is 0.842. The number of aromatic nitrogens is 1. The number of esters is 1. The zero-order valence-electron chi connectivity index (χ0n) is 11.4. The van der Waals surface area contributed by atoms with Gasteiger partial charge < -0.3 is 14.7 Å². The summed E-state index contributed by atoms with van der Waals surface area (Å²) in [7, 11) is 1.35. The first-order valence-electron chi connectivity index (χ1n) is 6.62. The molecule has 1 aromatic rings. The zero-order chi connectivity index (χ0) is 14.5. The molecule has 2 rings (SSSR count). The smallest absolute Gasteiger partial charge is 0.341 e. The fourth-order valence-electron chi connectivity index (χ4n) is 2.51. The Morgan fingerprint density at radius 2 is 2.15 bits per heavy atom. The molecule has 1 N–H and O–H groups in total. The van der Waals surface area contributed by atoms with Gasteiger partial charge in [0, 0.05) is 25.7 Å². The van der Waals surface area contributed by atoms with Crippen molar-refractivity contribution in [2.24, 2.45) is 5.92 Å². The van der Waals surface area contributed by atoms with Crippen LogP contribution in [0, 0.1) is 5.92 Å². The van der Waals surface area contributed by atoms with Crippen LogP contribution in [0.2, 0.25) is 0 Å². The molecular formula is C14H18N2O4. The fourth-order valence-corrected chi connectivity index (χ4v) is 2.51. The van der Waals surface area contributed by atoms with E-state index in [9.17, 15) is 9.59 Å². The van der Waals surface area contributed by atoms with Gasteiger partial charge in [0.1, 0.15) is 11.4 Å². The van der Waals surface area contributed by atoms with E-state index in [1.54, 1.807) is 18.3 Å². The Kier molecular flexibility index (Phi) is 4.55. The van der Waals surface area contributed by atoms with Crippen LogP contribution in [0.3, 0.4) is 0 Å². The van der Waals surface area contributed by atoms with E-state index in [1.807, 2.05) is 4.90 Å². The van der Waals surface area contributed by atoms with Gasteiger partial charge in [-0.2, -0.15) is 0 Å². The Bertz CT molecular complexity index is 496. The molecule has 6 nitrogen and oxygen atoms in total. The van der Waals surface area contributed by atoms with Gasteiger partial charge in [0.25, 0.3) is 0 Å². The zero-order valence-corrected chi connectivity index (χ0v) is 11.4. The van der Waals surface area contributed by atoms with Crippen molar-refractivity contribution in [1.29, 1.82) is 0 Å². The molecule has 0 radical (unpaired) electrons. The highest BCUT2D eigenvalue weighted by Gasteiger charge is 2.25. The predicted molar refractivity (Wildman–Crippen MR) is 72.8 cm³/mol. The van der Waals surface area contributed by atoms with Crippen LogP contribution in [0.15, 0.2) is 18.3 Å². The van der Waals surface area contributed by atoms with Crippen molar-refractivity contribution in [3.8, 4) is 0 Å². The standard InChI is InChI=1S/C14H18N2O4/c1-20-14(19)11-3-2-6-15-13(11)16-7-4-10(5-8-16)9-12(17)18/h2-3,6,10H,4-5,7-9H2,1H3,(H,17,18). The highest BCUT2D eigenvalue weighted by atomic mass is 16.5. The molecule has 0 aromatic carbocycles. The maximum atomic E-state index is 11.7. The lowest BCUT2D eigenvalue weighted by Gasteiger charge is -2.32. The number of carboxylic acid groups (broad SMARTS) is 1. The van der Waals surface area contributed by atoms with Crippen molar-refractivity contribution < 1.29 is 19.4 Å². The second-order valence-electron chi connectivity index (χ2n) is 4.89. The third-order valence-electron chi connectivity index (χ3n) is 3.57. The van der Waals surface area contributed by atoms with Gasteiger partial charge >= 0.3 is 11.9 Å². The van der Waals surface area contributed by atoms with Gasteiger partial charge in [0.2, 0.25) is 0 Å². The molecule has 1 aliphatic rings. The summed E-state index contributed by atoms with van der Waals surface area (Å²) >= 11 is 0. The fraction of sp³-hybridized carbons (Fsp3) is 0.500. The average molecular weight is 278 g/mol. The summed E-state index contributed by atoms with van der Waals surface area (Å²) in [5, 5.41) is 8.81. The maximum absolute atomic E-state index is 11.7. The first kappa shape index (κ1) is 14.3. The lowest BCUT2D eigenvalue weighted by Crippen LogP contribution is -2.36. The van der Waals surface area contributed by atoms with Crippen LogP contribution in [0.25, 0.3) is 0 Å². The molecule has 20 heavy (non-hydrogen) atoms. The van der Waals surface area contributed by atoms with Gasteiger partial charge in [-0.25, -0.2) is 9.78 Å². The number of anilines is 1. The Morgan fingerprint density at radius 3 is 2.75 bits per heavy atom. The summed E-state index contributed by atoms with van der Waals surface area (Å²) < 4.78 is 4.76. The number of carbonyl (C=O) groups excluding carboxylic acids is 1. The minimum atomic E-state index is -0.753. The van der Waals surface area contributed by atoms with E-state index in [0.717, 1.165) is 12.8 Å². The third kappa shape index (κ3) is 3.26. The van der Waals surface area contributed by atoms with Crippen LogP contribution in [0.5, 0.6) is 0 Å². The van der Waals surface area contributed by atoms with Gasteiger partial charge in [-0.05, 0) is 30.9 Å². The summed E-state index contributed by atoms with van der Waals surface area (Å²) in [6.07, 6.45) is 3.44. The molecule has 0 amide bonds. The molecule has 1 saturated heterocycles. The van der Waals surface area contributed by atoms with Crippen LogP contribution in [-0.4, -0.2) is 42.2 Å². The maximum Gasteiger partial charge on any atom is 0.341 e. The molecule has 108 valence electrons. The molecule has 0 atom stereocenters. The molecule has 0 spiro atoms. The van der Waals surface area contributed by atoms with E-state index in [2.05, 4.69) is 4.98 Å². The van der Waals surface area contributed by atoms with Gasteiger partial charge in [0.05, 0.1) is 7.11 Å². The molecule has 0 aliphatic carbocycles. The number of hydrogen-bond acceptors (Lipinski definition) is 5. The number of ether oxygens (including phenoxy) is 1. The van der Waals surface area contributed by atoms with Gasteiger partial charge in [-0.3, -0.25) is 4.79 Å². The van der Waals surface area contributed by atoms with E-state index in [4.69, 9.17) is 9.84 Å². The van der Waals surface area contributed by atoms with E-state index in [1.165, 1.54) is 7.11 Å². The molecule has 0 saturated carbocycles. The topological polar surface area (TPSA) is 79.7 Å². The van der Waals surface area contributed by atoms with Crippen molar-refractivity contribution in [1.82, 2.24) is 4.98 Å². The Morgan fingerprint density at radius 1 is 1.45 bits per heavy atom. The number of piperidine rings is 1. The van der Waals surface area contributed by atoms with E-state index >= 15 is 0 Å². The van der Waals surface area contributed by atoms with Gasteiger partial charge in [0.15, 0.2) is 0 Å². The van der Waals surface area contributed by atoms with Crippen molar-refractivity contribution >= 4 is 17.8 Å². The lowest BCUT2D eigenvalue weighted by atomic mass is 9.93. The lowest BCUT2D eigenvalue weighted by molar-refractivity contribution is -0.138. The van der Waals surface area contributed by atoms with Crippen LogP contribution in [0.1, 0.15) is 29.6 Å². The average Bonchev–Trinajstić information content (AvgIpc) is 2.46. The van der Waals surface area contributed by atoms with Gasteiger partial charge in [-0.1, -0.05) is 0 Å². The molecule has 1 aliphatic heterocycles. The summed E-state index contributed by atoms with van der Waals surface area (Å²) in [4.78, 5) is 28.7. The van der Waals surface area contributed by atoms with Gasteiger partial charge in [-0.15, -0.1) is 0 Å². The summed E-state index contributed by atoms with van der Waals surface area (Å²) in [5.41, 5.74) is 0.451. The normalized spacial score (nSPS) is 15.9. The van der Waals surface area contributed by atoms with Crippen LogP contribution >= 0.6 is 0 Å². The molecular weight excluding hydrogens is 260 g/mol. The number of carbonyl (C=O) groups is 2. The molecule has 6 heteroatoms. The Balaban J connectivity index is 2.07. The first-order chi connectivity index (χ1) is 9.61. The van der Waals surface area contributed by atoms with Crippen LogP contribution in [-0.2, 0) is 9.53 Å². The number of hydrogen-bond donors (Lipinski definition) is 1. The number of nitrogens with zero attached hydrogens (tertiary/aromatic N) is 2. The minimum absolute atomic E-state index is 0.203. The van der Waals surface area contributed by atoms with Crippen molar-refractivity contribution in [3.63, 3.8) is 0 Å². The number of rotatable bonds is 4. The minimum Gasteiger partial charge on any atom is -0.481 e. The number of pyridine rings is 1. The molecule has 1 fully saturated rings. The molecule has 0 unspecified atom stereocenters. The number of carboxylic acids is 1. The Labute approximate surface area is 117 Å². The molecule has 0 bridgehead atoms. The van der Waals surface area contributed by atoms with E-state index < -0.39 is 11.9 Å². The summed E-state index contributed by atoms with van der Waals surface area (Å²) in [6.45, 7) is 1.41. The second-order valence-corrected chi connectivity index (χ2v) is 4.89. The Hall–Kier alpha value is -2.11. The SMILES string of the molecule is COC(=O)c1cccnc1N1CCC(CC(=O)O)CC1. The van der Waals surface area contributed by atoms with Crippen LogP contribution < -0.4 is 4.90 Å². The number of methoxy groups -OCH3 is 1. The van der Waals surface area contributed by atoms with E-state index in [0.29, 0.717) is 24.5 Å². The van der Waals surface area contributed by atoms with E-state index in [-0.39, 0.29) is 12.3 Å². The second kappa shape index (κ2) is 6.36. The summed E-state index contributed by atoms with van der Waals surface area (Å²) in [6, 6.07) is 3.39. The van der Waals surface area contributed by atoms with Crippen LogP contribution in [0.4, 0.5) is 5.82 Å². The molecule has 1 aromatic heterocycles.